The summed E-state index contributed by atoms with van der Waals surface area (Å²) in [6.45, 7) is 0. The van der Waals surface area contributed by atoms with E-state index in [1.165, 1.54) is 4.90 Å². The third kappa shape index (κ3) is 5.27. The topological polar surface area (TPSA) is 61.4 Å². The van der Waals surface area contributed by atoms with Gasteiger partial charge < -0.3 is 10.2 Å². The van der Waals surface area contributed by atoms with Crippen LogP contribution >= 0.6 is 12.2 Å². The lowest BCUT2D eigenvalue weighted by molar-refractivity contribution is 0.0827. The number of hydrogen-bond donors (Lipinski definition) is 2. The summed E-state index contributed by atoms with van der Waals surface area (Å²) in [5.74, 6) is -0.368. The fourth-order valence-corrected chi connectivity index (χ4v) is 2.95. The van der Waals surface area contributed by atoms with Crippen molar-refractivity contribution in [1.82, 2.24) is 10.2 Å². The van der Waals surface area contributed by atoms with E-state index in [2.05, 4.69) is 10.6 Å². The third-order valence-electron chi connectivity index (χ3n) is 4.28. The number of nitrogens with one attached hydrogen (secondary N) is 2. The number of nitrogens with zero attached hydrogens (tertiary/aromatic N) is 1. The highest BCUT2D eigenvalue weighted by Gasteiger charge is 2.10. The first-order valence-electron chi connectivity index (χ1n) is 9.03. The Hall–Kier alpha value is -3.51. The monoisotopic (exact) mass is 403 g/mol. The maximum atomic E-state index is 12.4. The van der Waals surface area contributed by atoms with Crippen LogP contribution in [0.3, 0.4) is 0 Å². The number of amides is 2. The average Bonchev–Trinajstić information content (AvgIpc) is 2.74. The van der Waals surface area contributed by atoms with Crippen LogP contribution in [0, 0.1) is 0 Å². The zero-order valence-electron chi connectivity index (χ0n) is 16.2. The Morgan fingerprint density at radius 2 is 1.31 bits per heavy atom. The van der Waals surface area contributed by atoms with E-state index in [9.17, 15) is 9.59 Å². The lowest BCUT2D eigenvalue weighted by Gasteiger charge is -2.12. The predicted octanol–water partition coefficient (Wildman–Crippen LogP) is 4.18. The average molecular weight is 404 g/mol. The van der Waals surface area contributed by atoms with Crippen LogP contribution in [0.25, 0.3) is 11.1 Å². The summed E-state index contributed by atoms with van der Waals surface area (Å²) in [5, 5.41) is 5.80. The molecule has 0 saturated carbocycles. The van der Waals surface area contributed by atoms with Crippen LogP contribution in [0.2, 0.25) is 0 Å². The van der Waals surface area contributed by atoms with Crippen molar-refractivity contribution in [3.05, 3.63) is 90.0 Å². The summed E-state index contributed by atoms with van der Waals surface area (Å²) >= 11 is 5.22. The minimum atomic E-state index is -0.290. The second-order valence-corrected chi connectivity index (χ2v) is 7.04. The molecule has 2 amide bonds. The molecule has 0 radical (unpaired) electrons. The largest absolute Gasteiger partial charge is 0.345 e. The highest BCUT2D eigenvalue weighted by Crippen LogP contribution is 2.19. The third-order valence-corrected chi connectivity index (χ3v) is 4.48. The molecule has 3 aromatic rings. The van der Waals surface area contributed by atoms with Crippen LogP contribution in [-0.4, -0.2) is 35.9 Å². The Kier molecular flexibility index (Phi) is 6.36. The Labute approximate surface area is 175 Å². The summed E-state index contributed by atoms with van der Waals surface area (Å²) in [6, 6.07) is 24.2. The van der Waals surface area contributed by atoms with Gasteiger partial charge in [0.2, 0.25) is 0 Å². The molecule has 0 aliphatic carbocycles. The van der Waals surface area contributed by atoms with Crippen molar-refractivity contribution in [2.75, 3.05) is 19.4 Å². The number of carbonyl (C=O) groups is 2. The maximum Gasteiger partial charge on any atom is 0.257 e. The fraction of sp³-hybridized carbons (Fsp3) is 0.0870. The van der Waals surface area contributed by atoms with Gasteiger partial charge in [-0.05, 0) is 59.7 Å². The number of thiocarbonyl (C=S) groups is 1. The molecule has 6 heteroatoms. The van der Waals surface area contributed by atoms with E-state index < -0.39 is 0 Å². The Morgan fingerprint density at radius 1 is 0.759 bits per heavy atom. The van der Waals surface area contributed by atoms with Crippen molar-refractivity contribution in [3.63, 3.8) is 0 Å². The summed E-state index contributed by atoms with van der Waals surface area (Å²) in [7, 11) is 3.40. The highest BCUT2D eigenvalue weighted by molar-refractivity contribution is 7.80. The summed E-state index contributed by atoms with van der Waals surface area (Å²) in [5.41, 5.74) is 3.91. The van der Waals surface area contributed by atoms with Gasteiger partial charge >= 0.3 is 0 Å². The normalized spacial score (nSPS) is 10.1. The predicted molar refractivity (Wildman–Crippen MR) is 120 cm³/mol. The molecule has 2 N–H and O–H groups in total. The standard InChI is InChI=1S/C23H21N3O2S/c1-26(2)22(28)19-12-14-20(15-13-19)24-23(29)25-21(27)18-10-8-17(9-11-18)16-6-4-3-5-7-16/h3-15H,1-2H3,(H2,24,25,27,29). The summed E-state index contributed by atoms with van der Waals surface area (Å²) < 4.78 is 0. The molecule has 146 valence electrons. The molecule has 0 aliphatic heterocycles. The van der Waals surface area contributed by atoms with Crippen LogP contribution in [0.4, 0.5) is 5.69 Å². The summed E-state index contributed by atoms with van der Waals surface area (Å²) in [4.78, 5) is 25.9. The lowest BCUT2D eigenvalue weighted by Crippen LogP contribution is -2.34. The first-order chi connectivity index (χ1) is 13.9. The van der Waals surface area contributed by atoms with Crippen molar-refractivity contribution >= 4 is 34.8 Å². The zero-order valence-corrected chi connectivity index (χ0v) is 17.0. The van der Waals surface area contributed by atoms with Crippen molar-refractivity contribution in [1.29, 1.82) is 0 Å². The molecule has 0 aliphatic rings. The molecule has 0 unspecified atom stereocenters. The first-order valence-corrected chi connectivity index (χ1v) is 9.44. The molecule has 0 saturated heterocycles. The van der Waals surface area contributed by atoms with Gasteiger partial charge in [-0.15, -0.1) is 0 Å². The minimum absolute atomic E-state index is 0.0774. The molecule has 0 heterocycles. The Bertz CT molecular complexity index is 1010. The molecule has 0 spiro atoms. The number of anilines is 1. The number of hydrogen-bond acceptors (Lipinski definition) is 3. The van der Waals surface area contributed by atoms with Gasteiger partial charge in [0.25, 0.3) is 11.8 Å². The molecule has 0 bridgehead atoms. The van der Waals surface area contributed by atoms with Crippen LogP contribution < -0.4 is 10.6 Å². The molecule has 29 heavy (non-hydrogen) atoms. The number of benzene rings is 3. The zero-order chi connectivity index (χ0) is 20.8. The van der Waals surface area contributed by atoms with E-state index in [1.807, 2.05) is 42.5 Å². The smallest absolute Gasteiger partial charge is 0.257 e. The van der Waals surface area contributed by atoms with Crippen LogP contribution in [0.1, 0.15) is 20.7 Å². The minimum Gasteiger partial charge on any atom is -0.345 e. The van der Waals surface area contributed by atoms with Gasteiger partial charge in [-0.1, -0.05) is 42.5 Å². The molecule has 3 aromatic carbocycles. The SMILES string of the molecule is CN(C)C(=O)c1ccc(NC(=S)NC(=O)c2ccc(-c3ccccc3)cc2)cc1. The molecule has 0 atom stereocenters. The van der Waals surface area contributed by atoms with Gasteiger partial charge in [0, 0.05) is 30.9 Å². The molecule has 3 rings (SSSR count). The van der Waals surface area contributed by atoms with Crippen molar-refractivity contribution in [2.45, 2.75) is 0 Å². The van der Waals surface area contributed by atoms with Crippen molar-refractivity contribution in [2.24, 2.45) is 0 Å². The van der Waals surface area contributed by atoms with Gasteiger partial charge in [-0.2, -0.15) is 0 Å². The van der Waals surface area contributed by atoms with E-state index in [0.29, 0.717) is 16.8 Å². The van der Waals surface area contributed by atoms with Crippen molar-refractivity contribution < 1.29 is 9.59 Å². The molecule has 5 nitrogen and oxygen atoms in total. The Balaban J connectivity index is 1.59. The van der Waals surface area contributed by atoms with E-state index in [0.717, 1.165) is 11.1 Å². The van der Waals surface area contributed by atoms with Gasteiger partial charge in [0.05, 0.1) is 0 Å². The van der Waals surface area contributed by atoms with Crippen LogP contribution in [-0.2, 0) is 0 Å². The molecular weight excluding hydrogens is 382 g/mol. The van der Waals surface area contributed by atoms with Crippen LogP contribution in [0.5, 0.6) is 0 Å². The van der Waals surface area contributed by atoms with E-state index in [1.54, 1.807) is 50.5 Å². The number of rotatable bonds is 4. The summed E-state index contributed by atoms with van der Waals surface area (Å²) in [6.07, 6.45) is 0. The maximum absolute atomic E-state index is 12.4. The quantitative estimate of drug-likeness (QED) is 0.642. The fourth-order valence-electron chi connectivity index (χ4n) is 2.74. The lowest BCUT2D eigenvalue weighted by atomic mass is 10.0. The van der Waals surface area contributed by atoms with E-state index >= 15 is 0 Å². The number of carbonyl (C=O) groups excluding carboxylic acids is 2. The molecule has 0 fully saturated rings. The molecular formula is C23H21N3O2S. The second kappa shape index (κ2) is 9.12. The van der Waals surface area contributed by atoms with Gasteiger partial charge in [0.1, 0.15) is 0 Å². The van der Waals surface area contributed by atoms with Crippen LogP contribution in [0.15, 0.2) is 78.9 Å². The molecule has 0 aromatic heterocycles. The van der Waals surface area contributed by atoms with Gasteiger partial charge in [-0.25, -0.2) is 0 Å². The van der Waals surface area contributed by atoms with Gasteiger partial charge in [-0.3, -0.25) is 14.9 Å². The van der Waals surface area contributed by atoms with E-state index in [4.69, 9.17) is 12.2 Å². The van der Waals surface area contributed by atoms with E-state index in [-0.39, 0.29) is 16.9 Å². The van der Waals surface area contributed by atoms with Gasteiger partial charge in [0.15, 0.2) is 5.11 Å². The Morgan fingerprint density at radius 3 is 1.90 bits per heavy atom. The highest BCUT2D eigenvalue weighted by atomic mass is 32.1. The second-order valence-electron chi connectivity index (χ2n) is 6.63. The first kappa shape index (κ1) is 20.2. The van der Waals surface area contributed by atoms with Crippen molar-refractivity contribution in [3.8, 4) is 11.1 Å².